The Kier molecular flexibility index (Phi) is 14.1. The van der Waals surface area contributed by atoms with Crippen molar-refractivity contribution in [3.8, 4) is 0 Å². The molecule has 0 aliphatic rings. The number of aliphatic carboxylic acids is 2. The summed E-state index contributed by atoms with van der Waals surface area (Å²) in [7, 11) is 0. The average Bonchev–Trinajstić information content (AvgIpc) is 2.55. The zero-order valence-electron chi connectivity index (χ0n) is 16.0. The van der Waals surface area contributed by atoms with Crippen LogP contribution in [-0.2, 0) is 14.4 Å². The fourth-order valence-corrected chi connectivity index (χ4v) is 3.22. The van der Waals surface area contributed by atoms with Crippen molar-refractivity contribution in [3.05, 3.63) is 0 Å². The van der Waals surface area contributed by atoms with Gasteiger partial charge in [-0.15, -0.1) is 0 Å². The van der Waals surface area contributed by atoms with Crippen molar-refractivity contribution in [1.29, 1.82) is 0 Å². The van der Waals surface area contributed by atoms with Gasteiger partial charge in [0.05, 0.1) is 0 Å². The second-order valence-electron chi connectivity index (χ2n) is 7.14. The minimum atomic E-state index is -1.66. The van der Waals surface area contributed by atoms with Crippen molar-refractivity contribution in [1.82, 2.24) is 0 Å². The van der Waals surface area contributed by atoms with Gasteiger partial charge in [-0.2, -0.15) is 0 Å². The van der Waals surface area contributed by atoms with E-state index in [4.69, 9.17) is 10.2 Å². The minimum absolute atomic E-state index is 0.441. The maximum Gasteiger partial charge on any atom is 0.373 e. The molecule has 0 bridgehead atoms. The predicted octanol–water partition coefficient (Wildman–Crippen LogP) is 5.07. The van der Waals surface area contributed by atoms with Gasteiger partial charge in [-0.3, -0.25) is 9.59 Å². The molecule has 0 amide bonds. The Morgan fingerprint density at radius 2 is 1.12 bits per heavy atom. The largest absolute Gasteiger partial charge is 0.481 e. The first-order valence-electron chi connectivity index (χ1n) is 9.91. The van der Waals surface area contributed by atoms with Gasteiger partial charge in [0.1, 0.15) is 5.92 Å². The Hall–Kier alpha value is -1.39. The van der Waals surface area contributed by atoms with E-state index in [1.807, 2.05) is 0 Å². The first-order chi connectivity index (χ1) is 11.9. The fraction of sp³-hybridized carbons (Fsp3) is 0.850. The molecule has 25 heavy (non-hydrogen) atoms. The van der Waals surface area contributed by atoms with Crippen molar-refractivity contribution in [2.75, 3.05) is 0 Å². The molecule has 0 aliphatic heterocycles. The zero-order chi connectivity index (χ0) is 19.1. The topological polar surface area (TPSA) is 91.7 Å². The molecule has 2 N–H and O–H groups in total. The van der Waals surface area contributed by atoms with Crippen LogP contribution in [0.25, 0.3) is 0 Å². The third-order valence-corrected chi connectivity index (χ3v) is 4.84. The maximum absolute atomic E-state index is 11.5. The molecule has 0 aromatic rings. The van der Waals surface area contributed by atoms with Crippen molar-refractivity contribution >= 4 is 17.7 Å². The summed E-state index contributed by atoms with van der Waals surface area (Å²) >= 11 is 0. The van der Waals surface area contributed by atoms with Crippen LogP contribution < -0.4 is 0 Å². The van der Waals surface area contributed by atoms with Crippen LogP contribution in [-0.4, -0.2) is 27.9 Å². The molecular weight excluding hydrogens is 320 g/mol. The summed E-state index contributed by atoms with van der Waals surface area (Å²) in [5.41, 5.74) is 0. The van der Waals surface area contributed by atoms with Gasteiger partial charge < -0.3 is 10.2 Å². The first-order valence-corrected chi connectivity index (χ1v) is 9.91. The maximum atomic E-state index is 11.5. The van der Waals surface area contributed by atoms with Gasteiger partial charge in [-0.05, 0) is 12.3 Å². The lowest BCUT2D eigenvalue weighted by Gasteiger charge is -2.17. The van der Waals surface area contributed by atoms with Crippen LogP contribution in [0.4, 0.5) is 0 Å². The van der Waals surface area contributed by atoms with E-state index >= 15 is 0 Å². The highest BCUT2D eigenvalue weighted by molar-refractivity contribution is 6.37. The number of carboxylic acids is 2. The molecule has 146 valence electrons. The van der Waals surface area contributed by atoms with E-state index < -0.39 is 29.6 Å². The molecule has 0 heterocycles. The molecule has 5 heteroatoms. The van der Waals surface area contributed by atoms with Crippen LogP contribution in [0.15, 0.2) is 0 Å². The standard InChI is InChI=1S/C20H36O5/c1-3-4-5-6-7-8-9-10-11-12-13-14-15-16(2)17(19(22)23)18(21)20(24)25/h16-17H,3-15H2,1-2H3,(H,22,23)(H,24,25). The van der Waals surface area contributed by atoms with Crippen LogP contribution in [0, 0.1) is 11.8 Å². The summed E-state index contributed by atoms with van der Waals surface area (Å²) in [6, 6.07) is 0. The molecule has 2 unspecified atom stereocenters. The zero-order valence-corrected chi connectivity index (χ0v) is 16.0. The SMILES string of the molecule is CCCCCCCCCCCCCCC(C)C(C(=O)O)C(=O)C(=O)O. The monoisotopic (exact) mass is 356 g/mol. The summed E-state index contributed by atoms with van der Waals surface area (Å²) in [5.74, 6) is -6.07. The summed E-state index contributed by atoms with van der Waals surface area (Å²) in [6.45, 7) is 3.88. The van der Waals surface area contributed by atoms with Crippen LogP contribution in [0.1, 0.15) is 97.3 Å². The Bertz CT molecular complexity index is 392. The third-order valence-electron chi connectivity index (χ3n) is 4.84. The number of carbonyl (C=O) groups is 3. The van der Waals surface area contributed by atoms with E-state index in [0.29, 0.717) is 6.42 Å². The summed E-state index contributed by atoms with van der Waals surface area (Å²) in [6.07, 6.45) is 15.3. The lowest BCUT2D eigenvalue weighted by atomic mass is 9.86. The quantitative estimate of drug-likeness (QED) is 0.216. The Labute approximate surface area is 152 Å². The van der Waals surface area contributed by atoms with E-state index in [2.05, 4.69) is 6.92 Å². The molecule has 5 nitrogen and oxygen atoms in total. The Morgan fingerprint density at radius 1 is 0.720 bits per heavy atom. The molecule has 0 saturated carbocycles. The smallest absolute Gasteiger partial charge is 0.373 e. The Balaban J connectivity index is 3.68. The summed E-state index contributed by atoms with van der Waals surface area (Å²) in [4.78, 5) is 33.3. The fourth-order valence-electron chi connectivity index (χ4n) is 3.22. The lowest BCUT2D eigenvalue weighted by Crippen LogP contribution is -2.34. The molecule has 0 fully saturated rings. The van der Waals surface area contributed by atoms with E-state index in [1.54, 1.807) is 6.92 Å². The van der Waals surface area contributed by atoms with Crippen LogP contribution >= 0.6 is 0 Å². The number of rotatable bonds is 17. The van der Waals surface area contributed by atoms with Crippen LogP contribution in [0.3, 0.4) is 0 Å². The van der Waals surface area contributed by atoms with E-state index in [0.717, 1.165) is 19.3 Å². The average molecular weight is 357 g/mol. The number of Topliss-reactive ketones (excluding diaryl/α,β-unsaturated/α-hetero) is 1. The summed E-state index contributed by atoms with van der Waals surface area (Å²) in [5, 5.41) is 17.8. The highest BCUT2D eigenvalue weighted by Gasteiger charge is 2.35. The number of ketones is 1. The summed E-state index contributed by atoms with van der Waals surface area (Å²) < 4.78 is 0. The van der Waals surface area contributed by atoms with Crippen LogP contribution in [0.5, 0.6) is 0 Å². The number of carboxylic acid groups (broad SMARTS) is 2. The predicted molar refractivity (Wildman–Crippen MR) is 98.6 cm³/mol. The number of carbonyl (C=O) groups excluding carboxylic acids is 1. The van der Waals surface area contributed by atoms with Crippen molar-refractivity contribution in [2.24, 2.45) is 11.8 Å². The van der Waals surface area contributed by atoms with E-state index in [9.17, 15) is 14.4 Å². The molecule has 0 rings (SSSR count). The molecule has 0 aromatic carbocycles. The lowest BCUT2D eigenvalue weighted by molar-refractivity contribution is -0.158. The number of unbranched alkanes of at least 4 members (excludes halogenated alkanes) is 11. The van der Waals surface area contributed by atoms with Gasteiger partial charge in [-0.25, -0.2) is 4.79 Å². The van der Waals surface area contributed by atoms with Gasteiger partial charge in [0.25, 0.3) is 5.78 Å². The Morgan fingerprint density at radius 3 is 1.48 bits per heavy atom. The second-order valence-corrected chi connectivity index (χ2v) is 7.14. The van der Waals surface area contributed by atoms with Crippen LogP contribution in [0.2, 0.25) is 0 Å². The molecule has 2 atom stereocenters. The highest BCUT2D eigenvalue weighted by Crippen LogP contribution is 2.21. The van der Waals surface area contributed by atoms with E-state index in [-0.39, 0.29) is 0 Å². The van der Waals surface area contributed by atoms with Gasteiger partial charge in [0.2, 0.25) is 0 Å². The highest BCUT2D eigenvalue weighted by atomic mass is 16.4. The van der Waals surface area contributed by atoms with Crippen molar-refractivity contribution < 1.29 is 24.6 Å². The normalized spacial score (nSPS) is 13.4. The molecule has 0 spiro atoms. The van der Waals surface area contributed by atoms with Gasteiger partial charge in [-0.1, -0.05) is 90.9 Å². The van der Waals surface area contributed by atoms with Gasteiger partial charge in [0.15, 0.2) is 0 Å². The minimum Gasteiger partial charge on any atom is -0.481 e. The number of hydrogen-bond acceptors (Lipinski definition) is 3. The number of hydrogen-bond donors (Lipinski definition) is 2. The molecule has 0 aliphatic carbocycles. The molecule has 0 radical (unpaired) electrons. The van der Waals surface area contributed by atoms with E-state index in [1.165, 1.54) is 57.8 Å². The first kappa shape index (κ1) is 23.6. The van der Waals surface area contributed by atoms with Crippen molar-refractivity contribution in [2.45, 2.75) is 97.3 Å². The van der Waals surface area contributed by atoms with Gasteiger partial charge in [0, 0.05) is 0 Å². The second kappa shape index (κ2) is 14.9. The van der Waals surface area contributed by atoms with Crippen molar-refractivity contribution in [3.63, 3.8) is 0 Å². The molecular formula is C20H36O5. The molecule has 0 aromatic heterocycles. The van der Waals surface area contributed by atoms with Gasteiger partial charge >= 0.3 is 11.9 Å². The third kappa shape index (κ3) is 11.7. The molecule has 0 saturated heterocycles.